The summed E-state index contributed by atoms with van der Waals surface area (Å²) >= 11 is 0. The molecule has 6 atom stereocenters. The Morgan fingerprint density at radius 1 is 0.774 bits per heavy atom. The molecule has 2 heterocycles. The second kappa shape index (κ2) is 12.8. The molecule has 4 aliphatic rings. The van der Waals surface area contributed by atoms with Crippen molar-refractivity contribution in [3.8, 4) is 11.5 Å². The third kappa shape index (κ3) is 5.32. The van der Waals surface area contributed by atoms with E-state index in [2.05, 4.69) is 10.2 Å². The van der Waals surface area contributed by atoms with Crippen LogP contribution in [-0.4, -0.2) is 49.9 Å². The van der Waals surface area contributed by atoms with E-state index in [0.717, 1.165) is 11.3 Å². The molecule has 1 N–H and O–H groups in total. The van der Waals surface area contributed by atoms with Crippen LogP contribution >= 0.6 is 0 Å². The van der Waals surface area contributed by atoms with Crippen molar-refractivity contribution in [2.75, 3.05) is 35.9 Å². The Bertz CT molecular complexity index is 2200. The molecule has 0 radical (unpaired) electrons. The number of imide groups is 2. The van der Waals surface area contributed by atoms with Gasteiger partial charge in [-0.05, 0) is 92.4 Å². The molecule has 3 fully saturated rings. The number of allylic oxidation sites excluding steroid dienone is 2. The molecular formula is C42H39N5O6. The zero-order chi connectivity index (χ0) is 37.2. The van der Waals surface area contributed by atoms with Gasteiger partial charge in [-0.1, -0.05) is 35.9 Å². The number of benzene rings is 4. The lowest BCUT2D eigenvalue weighted by Gasteiger charge is -2.49. The van der Waals surface area contributed by atoms with E-state index < -0.39 is 35.0 Å². The number of anilines is 3. The molecule has 11 nitrogen and oxygen atoms in total. The number of methoxy groups -OCH3 is 1. The number of carbonyl (C=O) groups is 4. The smallest absolute Gasteiger partial charge is 0.241 e. The number of azo groups is 1. The van der Waals surface area contributed by atoms with E-state index in [9.17, 15) is 24.3 Å². The molecule has 268 valence electrons. The Hall–Kier alpha value is -6.10. The number of carbonyl (C=O) groups excluding carboxylic acids is 4. The van der Waals surface area contributed by atoms with Gasteiger partial charge in [0.2, 0.25) is 23.6 Å². The van der Waals surface area contributed by atoms with Gasteiger partial charge in [0.25, 0.3) is 0 Å². The van der Waals surface area contributed by atoms with Gasteiger partial charge < -0.3 is 14.7 Å². The van der Waals surface area contributed by atoms with Crippen LogP contribution in [0.1, 0.15) is 31.2 Å². The van der Waals surface area contributed by atoms with Crippen molar-refractivity contribution in [3.05, 3.63) is 114 Å². The van der Waals surface area contributed by atoms with E-state index in [-0.39, 0.29) is 35.8 Å². The average molecular weight is 710 g/mol. The van der Waals surface area contributed by atoms with Gasteiger partial charge in [0.15, 0.2) is 0 Å². The largest absolute Gasteiger partial charge is 0.508 e. The van der Waals surface area contributed by atoms with Crippen molar-refractivity contribution in [3.63, 3.8) is 0 Å². The molecule has 2 aliphatic carbocycles. The number of fused-ring (bicyclic) bond motifs is 4. The van der Waals surface area contributed by atoms with Gasteiger partial charge in [-0.2, -0.15) is 10.2 Å². The summed E-state index contributed by atoms with van der Waals surface area (Å²) < 4.78 is 5.75. The van der Waals surface area contributed by atoms with E-state index in [1.54, 1.807) is 54.6 Å². The normalized spacial score (nSPS) is 26.4. The Balaban J connectivity index is 1.14. The van der Waals surface area contributed by atoms with Gasteiger partial charge in [0.05, 0.1) is 53.0 Å². The molecule has 4 amide bonds. The number of hydrogen-bond acceptors (Lipinski definition) is 9. The monoisotopic (exact) mass is 709 g/mol. The summed E-state index contributed by atoms with van der Waals surface area (Å²) in [5, 5.41) is 19.0. The highest BCUT2D eigenvalue weighted by molar-refractivity contribution is 6.25. The first kappa shape index (κ1) is 34.0. The topological polar surface area (TPSA) is 132 Å². The fraction of sp³-hybridized carbons (Fsp3) is 0.286. The van der Waals surface area contributed by atoms with Crippen molar-refractivity contribution >= 4 is 52.1 Å². The average Bonchev–Trinajstić information content (AvgIpc) is 3.54. The molecule has 1 saturated carbocycles. The third-order valence-corrected chi connectivity index (χ3v) is 11.6. The minimum absolute atomic E-state index is 0.00421. The molecule has 2 saturated heterocycles. The number of ether oxygens (including phenoxy) is 1. The van der Waals surface area contributed by atoms with Crippen LogP contribution in [0.2, 0.25) is 0 Å². The van der Waals surface area contributed by atoms with E-state index in [4.69, 9.17) is 4.74 Å². The second-order valence-electron chi connectivity index (χ2n) is 14.6. The molecule has 0 aromatic heterocycles. The van der Waals surface area contributed by atoms with Gasteiger partial charge in [0.1, 0.15) is 11.5 Å². The van der Waals surface area contributed by atoms with Crippen molar-refractivity contribution in [1.82, 2.24) is 0 Å². The Morgan fingerprint density at radius 3 is 2.06 bits per heavy atom. The fourth-order valence-electron chi connectivity index (χ4n) is 8.98. The fourth-order valence-corrected chi connectivity index (χ4v) is 8.98. The van der Waals surface area contributed by atoms with Crippen molar-refractivity contribution in [2.45, 2.75) is 25.7 Å². The highest BCUT2D eigenvalue weighted by Gasteiger charge is 2.68. The minimum atomic E-state index is -1.23. The van der Waals surface area contributed by atoms with Gasteiger partial charge in [-0.3, -0.25) is 24.1 Å². The Kier molecular flexibility index (Phi) is 8.24. The molecule has 0 spiro atoms. The first-order chi connectivity index (χ1) is 25.5. The number of rotatable bonds is 7. The molecule has 8 rings (SSSR count). The SMILES string of the molecule is COc1cc(O)ccc1C1C2=CCC3C(=O)N(c4ccc(N=Nc5ccc(N(C)C)cc5)cc4)C(=O)C3C2CC2C(=O)N(c3ccccc3)C(=O)C21C. The van der Waals surface area contributed by atoms with Crippen molar-refractivity contribution in [1.29, 1.82) is 0 Å². The molecule has 11 heteroatoms. The lowest BCUT2D eigenvalue weighted by atomic mass is 9.51. The van der Waals surface area contributed by atoms with Gasteiger partial charge >= 0.3 is 0 Å². The van der Waals surface area contributed by atoms with Crippen LogP contribution in [0.4, 0.5) is 28.4 Å². The second-order valence-corrected chi connectivity index (χ2v) is 14.6. The Labute approximate surface area is 307 Å². The summed E-state index contributed by atoms with van der Waals surface area (Å²) in [6.07, 6.45) is 2.53. The van der Waals surface area contributed by atoms with Gasteiger partial charge in [0, 0.05) is 37.3 Å². The van der Waals surface area contributed by atoms with E-state index in [1.807, 2.05) is 62.3 Å². The maximum absolute atomic E-state index is 14.6. The number of phenolic OH excluding ortho intramolecular Hbond substituents is 1. The lowest BCUT2D eigenvalue weighted by Crippen LogP contribution is -2.49. The van der Waals surface area contributed by atoms with Crippen LogP contribution in [0, 0.1) is 29.1 Å². The quantitative estimate of drug-likeness (QED) is 0.121. The summed E-state index contributed by atoms with van der Waals surface area (Å²) in [7, 11) is 5.42. The zero-order valence-corrected chi connectivity index (χ0v) is 29.8. The predicted octanol–water partition coefficient (Wildman–Crippen LogP) is 7.32. The summed E-state index contributed by atoms with van der Waals surface area (Å²) in [6, 6.07) is 28.1. The van der Waals surface area contributed by atoms with Crippen molar-refractivity contribution < 1.29 is 29.0 Å². The first-order valence-corrected chi connectivity index (χ1v) is 17.7. The highest BCUT2D eigenvalue weighted by Crippen LogP contribution is 2.64. The Morgan fingerprint density at radius 2 is 1.42 bits per heavy atom. The van der Waals surface area contributed by atoms with Crippen LogP contribution in [0.3, 0.4) is 0 Å². The molecule has 53 heavy (non-hydrogen) atoms. The summed E-state index contributed by atoms with van der Waals surface area (Å²) in [5.41, 5.74) is 3.46. The van der Waals surface area contributed by atoms with Crippen LogP contribution < -0.4 is 19.4 Å². The van der Waals surface area contributed by atoms with Crippen LogP contribution in [0.5, 0.6) is 11.5 Å². The number of aromatic hydroxyl groups is 1. The number of amides is 4. The number of nitrogens with zero attached hydrogens (tertiary/aromatic N) is 5. The van der Waals surface area contributed by atoms with Crippen molar-refractivity contribution in [2.24, 2.45) is 39.3 Å². The van der Waals surface area contributed by atoms with E-state index >= 15 is 0 Å². The summed E-state index contributed by atoms with van der Waals surface area (Å²) in [5.74, 6) is -4.20. The third-order valence-electron chi connectivity index (χ3n) is 11.6. The maximum Gasteiger partial charge on any atom is 0.241 e. The van der Waals surface area contributed by atoms with E-state index in [0.29, 0.717) is 40.5 Å². The van der Waals surface area contributed by atoms with E-state index in [1.165, 1.54) is 29.0 Å². The number of phenols is 1. The number of para-hydroxylation sites is 1. The first-order valence-electron chi connectivity index (χ1n) is 17.7. The molecule has 4 aromatic rings. The highest BCUT2D eigenvalue weighted by atomic mass is 16.5. The molecule has 0 bridgehead atoms. The van der Waals surface area contributed by atoms with Crippen LogP contribution in [0.25, 0.3) is 0 Å². The lowest BCUT2D eigenvalue weighted by molar-refractivity contribution is -0.131. The van der Waals surface area contributed by atoms with Crippen LogP contribution in [-0.2, 0) is 19.2 Å². The summed E-state index contributed by atoms with van der Waals surface area (Å²) in [4.78, 5) is 62.1. The van der Waals surface area contributed by atoms with Gasteiger partial charge in [-0.15, -0.1) is 0 Å². The van der Waals surface area contributed by atoms with Gasteiger partial charge in [-0.25, -0.2) is 4.90 Å². The molecule has 6 unspecified atom stereocenters. The maximum atomic E-state index is 14.6. The standard InChI is InChI=1S/C42H39N5O6/c1-42-34(39(50)47(41(42)52)27-8-6-5-7-9-27)23-33-30(37(42)31-19-18-29(48)22-35(31)53-4)20-21-32-36(33)40(51)46(38(32)49)28-16-12-25(13-17-28)44-43-24-10-14-26(15-11-24)45(2)3/h5-20,22,32-34,36-37,48H,21,23H2,1-4H3. The van der Waals surface area contributed by atoms with Crippen LogP contribution in [0.15, 0.2) is 119 Å². The molecule has 4 aromatic carbocycles. The zero-order valence-electron chi connectivity index (χ0n) is 29.8. The summed E-state index contributed by atoms with van der Waals surface area (Å²) in [6.45, 7) is 1.83. The predicted molar refractivity (Wildman–Crippen MR) is 200 cm³/mol. The molecular weight excluding hydrogens is 670 g/mol. The molecule has 2 aliphatic heterocycles. The number of hydrogen-bond donors (Lipinski definition) is 1. The minimum Gasteiger partial charge on any atom is -0.508 e.